The van der Waals surface area contributed by atoms with Crippen LogP contribution in [-0.2, 0) is 29.1 Å². The topological polar surface area (TPSA) is 182 Å². The number of rotatable bonds is 11. The fourth-order valence-corrected chi connectivity index (χ4v) is 9.23. The average molecular weight is 850 g/mol. The predicted molar refractivity (Wildman–Crippen MR) is 211 cm³/mol. The van der Waals surface area contributed by atoms with E-state index in [-0.39, 0.29) is 43.5 Å². The Morgan fingerprint density at radius 1 is 1.15 bits per heavy atom. The van der Waals surface area contributed by atoms with Crippen LogP contribution >= 0.6 is 0 Å². The zero-order chi connectivity index (χ0) is 43.1. The lowest BCUT2D eigenvalue weighted by molar-refractivity contribution is -0.142. The van der Waals surface area contributed by atoms with Crippen molar-refractivity contribution in [1.29, 1.82) is 0 Å². The molecule has 2 aliphatic carbocycles. The summed E-state index contributed by atoms with van der Waals surface area (Å²) in [6, 6.07) is 1.70. The van der Waals surface area contributed by atoms with Crippen LogP contribution in [0.2, 0.25) is 0 Å². The maximum absolute atomic E-state index is 15.1. The number of carbonyl (C=O) groups excluding carboxylic acids is 4. The molecule has 1 aromatic carbocycles. The summed E-state index contributed by atoms with van der Waals surface area (Å²) in [5, 5.41) is 6.20. The van der Waals surface area contributed by atoms with E-state index in [1.54, 1.807) is 19.1 Å². The Labute approximate surface area is 342 Å². The van der Waals surface area contributed by atoms with Crippen molar-refractivity contribution >= 4 is 44.6 Å². The number of fused-ring (bicyclic) bond motifs is 3. The SMILES string of the molecule is CCOc1cc2ccnc(O[C@@H]3C[C@H]4C(=O)N[C@]5(C(=O)NS(=O)(=O)C6(C)CC6)C[C@H]5/C=C\CC[C@H](C)C[C@@H](CC)C(NC(=O)OC(C)(C)C(F)F)C(=O)N4C3)c2cc1F. The van der Waals surface area contributed by atoms with Gasteiger partial charge in [0.15, 0.2) is 17.2 Å². The zero-order valence-electron chi connectivity index (χ0n) is 34.2. The second-order valence-corrected chi connectivity index (χ2v) is 19.3. The van der Waals surface area contributed by atoms with Crippen LogP contribution in [-0.4, -0.2) is 95.8 Å². The minimum absolute atomic E-state index is 0.00308. The number of hydrogen-bond acceptors (Lipinski definition) is 10. The van der Waals surface area contributed by atoms with E-state index >= 15 is 4.39 Å². The second-order valence-electron chi connectivity index (χ2n) is 17.1. The number of sulfonamides is 1. The van der Waals surface area contributed by atoms with Gasteiger partial charge in [0.25, 0.3) is 12.3 Å². The number of ether oxygens (including phenoxy) is 3. The van der Waals surface area contributed by atoms with E-state index in [4.69, 9.17) is 14.2 Å². The van der Waals surface area contributed by atoms with Crippen molar-refractivity contribution in [1.82, 2.24) is 25.2 Å². The minimum Gasteiger partial charge on any atom is -0.491 e. The first kappa shape index (κ1) is 44.0. The van der Waals surface area contributed by atoms with Crippen molar-refractivity contribution in [3.63, 3.8) is 0 Å². The van der Waals surface area contributed by atoms with Crippen molar-refractivity contribution in [3.8, 4) is 11.6 Å². The molecular formula is C41H54F3N5O9S. The number of carbonyl (C=O) groups is 4. The van der Waals surface area contributed by atoms with Crippen molar-refractivity contribution in [2.24, 2.45) is 17.8 Å². The molecule has 4 aliphatic rings. The smallest absolute Gasteiger partial charge is 0.408 e. The monoisotopic (exact) mass is 849 g/mol. The molecule has 2 saturated carbocycles. The molecule has 3 fully saturated rings. The molecule has 3 N–H and O–H groups in total. The average Bonchev–Trinajstić information content (AvgIpc) is 4.05. The Morgan fingerprint density at radius 2 is 1.88 bits per heavy atom. The lowest BCUT2D eigenvalue weighted by atomic mass is 9.85. The van der Waals surface area contributed by atoms with Gasteiger partial charge in [0.2, 0.25) is 27.7 Å². The molecule has 2 aromatic rings. The highest BCUT2D eigenvalue weighted by atomic mass is 32.2. The number of alkyl carbamates (subject to hydrolysis) is 1. The van der Waals surface area contributed by atoms with E-state index in [1.165, 1.54) is 30.2 Å². The van der Waals surface area contributed by atoms with Crippen LogP contribution in [0.25, 0.3) is 10.8 Å². The summed E-state index contributed by atoms with van der Waals surface area (Å²) in [5.74, 6) is -4.07. The number of benzene rings is 1. The quantitative estimate of drug-likeness (QED) is 0.243. The second kappa shape index (κ2) is 16.8. The van der Waals surface area contributed by atoms with Crippen LogP contribution < -0.4 is 24.8 Å². The number of hydrogen-bond donors (Lipinski definition) is 3. The molecular weight excluding hydrogens is 796 g/mol. The summed E-state index contributed by atoms with van der Waals surface area (Å²) in [4.78, 5) is 62.2. The molecule has 2 aliphatic heterocycles. The van der Waals surface area contributed by atoms with Gasteiger partial charge in [0.05, 0.1) is 17.9 Å². The van der Waals surface area contributed by atoms with E-state index in [0.717, 1.165) is 13.8 Å². The van der Waals surface area contributed by atoms with Crippen LogP contribution in [0.4, 0.5) is 18.0 Å². The van der Waals surface area contributed by atoms with E-state index < -0.39 is 92.0 Å². The standard InChI is InChI=1S/C41H54F3N5O9S/c1-7-24-17-23(3)11-9-10-12-26-21-41(26,37(52)48-59(54,55)40(6)14-15-40)47-33(50)30-19-27(22-49(30)35(51)32(24)46-38(53)58-39(4,5)36(43)44)57-34-28-20-29(42)31(56-8-2)18-25(28)13-16-45-34/h10,12-13,16,18,20,23-24,26-27,30,32,36H,7-9,11,14-15,17,19,21-22H2,1-6H3,(H,46,53)(H,47,50)(H,48,52)/b12-10-/t23-,24+,26+,27+,30-,32?,41+/m0/s1. The van der Waals surface area contributed by atoms with Crippen LogP contribution in [0.5, 0.6) is 11.6 Å². The molecule has 6 rings (SSSR count). The van der Waals surface area contributed by atoms with Crippen molar-refractivity contribution in [3.05, 3.63) is 42.4 Å². The fraction of sp³-hybridized carbons (Fsp3) is 0.634. The highest BCUT2D eigenvalue weighted by Crippen LogP contribution is 2.48. The molecule has 18 heteroatoms. The van der Waals surface area contributed by atoms with Crippen molar-refractivity contribution < 1.29 is 55.0 Å². The van der Waals surface area contributed by atoms with E-state index in [9.17, 15) is 36.4 Å². The largest absolute Gasteiger partial charge is 0.491 e. The Balaban J connectivity index is 1.37. The fourth-order valence-electron chi connectivity index (χ4n) is 7.92. The number of aromatic nitrogens is 1. The van der Waals surface area contributed by atoms with Crippen LogP contribution in [0.1, 0.15) is 92.9 Å². The maximum Gasteiger partial charge on any atom is 0.408 e. The van der Waals surface area contributed by atoms with Crippen LogP contribution in [0, 0.1) is 23.6 Å². The number of halogens is 3. The zero-order valence-corrected chi connectivity index (χ0v) is 35.0. The van der Waals surface area contributed by atoms with Gasteiger partial charge in [-0.05, 0) is 102 Å². The van der Waals surface area contributed by atoms with E-state index in [1.807, 2.05) is 19.9 Å². The first-order valence-corrected chi connectivity index (χ1v) is 21.7. The minimum atomic E-state index is -4.08. The van der Waals surface area contributed by atoms with Crippen LogP contribution in [0.3, 0.4) is 0 Å². The summed E-state index contributed by atoms with van der Waals surface area (Å²) in [5.41, 5.74) is -3.83. The molecule has 0 radical (unpaired) electrons. The van der Waals surface area contributed by atoms with Gasteiger partial charge in [0, 0.05) is 23.9 Å². The number of allylic oxidation sites excluding steroid dienone is 1. The van der Waals surface area contributed by atoms with Gasteiger partial charge in [0.1, 0.15) is 23.7 Å². The molecule has 4 amide bonds. The Hall–Kier alpha value is -4.61. The molecule has 14 nitrogen and oxygen atoms in total. The Kier molecular flexibility index (Phi) is 12.5. The van der Waals surface area contributed by atoms with E-state index in [2.05, 4.69) is 20.3 Å². The van der Waals surface area contributed by atoms with Crippen molar-refractivity contribution in [2.75, 3.05) is 13.2 Å². The van der Waals surface area contributed by atoms with Crippen LogP contribution in [0.15, 0.2) is 36.5 Å². The van der Waals surface area contributed by atoms with Gasteiger partial charge in [-0.15, -0.1) is 0 Å². The van der Waals surface area contributed by atoms with Gasteiger partial charge in [-0.1, -0.05) is 32.4 Å². The summed E-state index contributed by atoms with van der Waals surface area (Å²) in [7, 11) is -4.08. The first-order chi connectivity index (χ1) is 27.7. The number of nitrogens with one attached hydrogen (secondary N) is 3. The summed E-state index contributed by atoms with van der Waals surface area (Å²) < 4.78 is 87.0. The predicted octanol–water partition coefficient (Wildman–Crippen LogP) is 5.54. The third-order valence-electron chi connectivity index (χ3n) is 12.1. The molecule has 0 spiro atoms. The number of amides is 4. The van der Waals surface area contributed by atoms with Gasteiger partial charge in [-0.25, -0.2) is 31.4 Å². The molecule has 59 heavy (non-hydrogen) atoms. The molecule has 1 unspecified atom stereocenters. The molecule has 0 bridgehead atoms. The van der Waals surface area contributed by atoms with Crippen molar-refractivity contribution in [2.45, 2.75) is 133 Å². The summed E-state index contributed by atoms with van der Waals surface area (Å²) in [6.07, 6.45) is 2.68. The molecule has 1 aromatic heterocycles. The lowest BCUT2D eigenvalue weighted by Crippen LogP contribution is -2.59. The summed E-state index contributed by atoms with van der Waals surface area (Å²) in [6.45, 7) is 9.17. The number of alkyl halides is 2. The van der Waals surface area contributed by atoms with E-state index in [0.29, 0.717) is 49.3 Å². The third-order valence-corrected chi connectivity index (χ3v) is 14.3. The highest BCUT2D eigenvalue weighted by Gasteiger charge is 2.63. The number of pyridine rings is 1. The molecule has 7 atom stereocenters. The van der Waals surface area contributed by atoms with Gasteiger partial charge < -0.3 is 29.7 Å². The first-order valence-electron chi connectivity index (χ1n) is 20.3. The molecule has 324 valence electrons. The molecule has 1 saturated heterocycles. The van der Waals surface area contributed by atoms with Gasteiger partial charge >= 0.3 is 6.09 Å². The normalized spacial score (nSPS) is 28.9. The molecule has 3 heterocycles. The maximum atomic E-state index is 15.1. The summed E-state index contributed by atoms with van der Waals surface area (Å²) >= 11 is 0. The third kappa shape index (κ3) is 9.26. The Morgan fingerprint density at radius 3 is 2.54 bits per heavy atom. The Bertz CT molecular complexity index is 2100. The lowest BCUT2D eigenvalue weighted by Gasteiger charge is -2.34. The highest BCUT2D eigenvalue weighted by molar-refractivity contribution is 7.91. The number of nitrogens with zero attached hydrogens (tertiary/aromatic N) is 2. The van der Waals surface area contributed by atoms with Gasteiger partial charge in [-0.3, -0.25) is 19.1 Å². The van der Waals surface area contributed by atoms with Gasteiger partial charge in [-0.2, -0.15) is 0 Å².